The fourth-order valence-electron chi connectivity index (χ4n) is 3.62. The molecule has 0 heterocycles. The van der Waals surface area contributed by atoms with E-state index in [0.29, 0.717) is 24.4 Å². The Morgan fingerprint density at radius 3 is 2.24 bits per heavy atom. The Kier molecular flexibility index (Phi) is 9.92. The third-order valence-corrected chi connectivity index (χ3v) is 6.72. The highest BCUT2D eigenvalue weighted by molar-refractivity contribution is 7.92. The highest BCUT2D eigenvalue weighted by atomic mass is 32.2. The van der Waals surface area contributed by atoms with Gasteiger partial charge in [-0.15, -0.1) is 0 Å². The normalized spacial score (nSPS) is 12.0. The van der Waals surface area contributed by atoms with Crippen molar-refractivity contribution in [2.75, 3.05) is 30.8 Å². The van der Waals surface area contributed by atoms with Crippen molar-refractivity contribution < 1.29 is 22.7 Å². The summed E-state index contributed by atoms with van der Waals surface area (Å²) in [5, 5.41) is 2.87. The molecule has 0 radical (unpaired) electrons. The van der Waals surface area contributed by atoms with Crippen molar-refractivity contribution in [2.24, 2.45) is 0 Å². The van der Waals surface area contributed by atoms with E-state index in [-0.39, 0.29) is 12.5 Å². The summed E-state index contributed by atoms with van der Waals surface area (Å²) < 4.78 is 31.4. The average molecular weight is 490 g/mol. The van der Waals surface area contributed by atoms with Gasteiger partial charge in [-0.05, 0) is 55.2 Å². The molecule has 0 saturated carbocycles. The van der Waals surface area contributed by atoms with Crippen molar-refractivity contribution in [1.29, 1.82) is 0 Å². The van der Waals surface area contributed by atoms with Crippen LogP contribution in [0.15, 0.2) is 48.5 Å². The van der Waals surface area contributed by atoms with Crippen LogP contribution in [0.5, 0.6) is 5.75 Å². The highest BCUT2D eigenvalue weighted by Gasteiger charge is 2.31. The zero-order chi connectivity index (χ0) is 25.3. The number of benzene rings is 2. The molecule has 1 atom stereocenters. The minimum atomic E-state index is -3.77. The second kappa shape index (κ2) is 12.4. The van der Waals surface area contributed by atoms with Gasteiger partial charge in [-0.3, -0.25) is 13.9 Å². The van der Waals surface area contributed by atoms with Crippen LogP contribution in [0.3, 0.4) is 0 Å². The molecule has 2 rings (SSSR count). The Balaban J connectivity index is 2.42. The van der Waals surface area contributed by atoms with Gasteiger partial charge in [0.15, 0.2) is 0 Å². The Morgan fingerprint density at radius 1 is 1.06 bits per heavy atom. The quantitative estimate of drug-likeness (QED) is 0.494. The maximum absolute atomic E-state index is 13.6. The van der Waals surface area contributed by atoms with E-state index < -0.39 is 28.5 Å². The Labute approximate surface area is 202 Å². The van der Waals surface area contributed by atoms with Gasteiger partial charge in [0.1, 0.15) is 18.3 Å². The van der Waals surface area contributed by atoms with Crippen molar-refractivity contribution in [3.05, 3.63) is 59.7 Å². The van der Waals surface area contributed by atoms with Gasteiger partial charge in [0.25, 0.3) is 0 Å². The van der Waals surface area contributed by atoms with Crippen LogP contribution >= 0.6 is 0 Å². The first-order chi connectivity index (χ1) is 16.1. The van der Waals surface area contributed by atoms with Crippen LogP contribution in [0.25, 0.3) is 0 Å². The third kappa shape index (κ3) is 7.21. The number of hydrogen-bond donors (Lipinski definition) is 1. The van der Waals surface area contributed by atoms with E-state index in [4.69, 9.17) is 4.74 Å². The van der Waals surface area contributed by atoms with Gasteiger partial charge in [-0.25, -0.2) is 8.42 Å². The van der Waals surface area contributed by atoms with E-state index in [1.54, 1.807) is 24.3 Å². The van der Waals surface area contributed by atoms with Crippen molar-refractivity contribution in [1.82, 2.24) is 10.2 Å². The number of carbonyl (C=O) groups is 2. The van der Waals surface area contributed by atoms with Crippen molar-refractivity contribution in [3.8, 4) is 5.75 Å². The molecular formula is C25H35N3O5S. The zero-order valence-electron chi connectivity index (χ0n) is 20.6. The lowest BCUT2D eigenvalue weighted by Gasteiger charge is -2.33. The first-order valence-corrected chi connectivity index (χ1v) is 13.2. The number of aryl methyl sites for hydroxylation is 1. The highest BCUT2D eigenvalue weighted by Crippen LogP contribution is 2.23. The first-order valence-electron chi connectivity index (χ1n) is 11.4. The molecule has 0 fully saturated rings. The Morgan fingerprint density at radius 2 is 1.71 bits per heavy atom. The molecule has 1 N–H and O–H groups in total. The zero-order valence-corrected chi connectivity index (χ0v) is 21.4. The number of carbonyl (C=O) groups excluding carboxylic acids is 2. The van der Waals surface area contributed by atoms with Crippen molar-refractivity contribution in [2.45, 2.75) is 46.2 Å². The summed E-state index contributed by atoms with van der Waals surface area (Å²) in [5.41, 5.74) is 2.23. The number of hydrogen-bond acceptors (Lipinski definition) is 5. The van der Waals surface area contributed by atoms with E-state index in [0.717, 1.165) is 28.1 Å². The topological polar surface area (TPSA) is 96.0 Å². The van der Waals surface area contributed by atoms with E-state index in [1.807, 2.05) is 45.0 Å². The maximum Gasteiger partial charge on any atom is 0.244 e. The summed E-state index contributed by atoms with van der Waals surface area (Å²) in [4.78, 5) is 28.0. The Hall–Kier alpha value is -3.07. The molecule has 9 heteroatoms. The molecule has 8 nitrogen and oxygen atoms in total. The molecule has 0 aliphatic heterocycles. The van der Waals surface area contributed by atoms with Gasteiger partial charge in [-0.2, -0.15) is 0 Å². The van der Waals surface area contributed by atoms with Crippen LogP contribution < -0.4 is 14.4 Å². The first kappa shape index (κ1) is 27.2. The molecule has 0 saturated heterocycles. The molecule has 34 heavy (non-hydrogen) atoms. The number of methoxy groups -OCH3 is 1. The van der Waals surface area contributed by atoms with Crippen LogP contribution in [0.4, 0.5) is 5.69 Å². The second-order valence-electron chi connectivity index (χ2n) is 8.13. The molecule has 2 aromatic rings. The van der Waals surface area contributed by atoms with E-state index in [2.05, 4.69) is 5.32 Å². The second-order valence-corrected chi connectivity index (χ2v) is 10.0. The number of rotatable bonds is 12. The number of nitrogens with zero attached hydrogens (tertiary/aromatic N) is 2. The molecule has 2 aromatic carbocycles. The number of sulfonamides is 1. The van der Waals surface area contributed by atoms with E-state index >= 15 is 0 Å². The van der Waals surface area contributed by atoms with E-state index in [1.165, 1.54) is 12.0 Å². The summed E-state index contributed by atoms with van der Waals surface area (Å²) in [5.74, 6) is -0.131. The molecule has 0 aromatic heterocycles. The predicted molar refractivity (Wildman–Crippen MR) is 134 cm³/mol. The largest absolute Gasteiger partial charge is 0.497 e. The SMILES string of the molecule is CCCNC(=O)[C@H](CC)N(Cc1ccccc1C)C(=O)CN(c1ccc(OC)cc1)S(C)(=O)=O. The fraction of sp³-hybridized carbons (Fsp3) is 0.440. The fourth-order valence-corrected chi connectivity index (χ4v) is 4.47. The lowest BCUT2D eigenvalue weighted by atomic mass is 10.1. The number of anilines is 1. The van der Waals surface area contributed by atoms with Crippen LogP contribution in [-0.4, -0.2) is 57.6 Å². The summed E-state index contributed by atoms with van der Waals surface area (Å²) in [6, 6.07) is 13.4. The molecule has 0 aliphatic carbocycles. The predicted octanol–water partition coefficient (Wildman–Crippen LogP) is 3.10. The number of nitrogens with one attached hydrogen (secondary N) is 1. The van der Waals surface area contributed by atoms with Crippen LogP contribution in [0, 0.1) is 6.92 Å². The maximum atomic E-state index is 13.6. The number of amides is 2. The average Bonchev–Trinajstić information content (AvgIpc) is 2.81. The van der Waals surface area contributed by atoms with Gasteiger partial charge < -0.3 is 15.0 Å². The van der Waals surface area contributed by atoms with Gasteiger partial charge >= 0.3 is 0 Å². The smallest absolute Gasteiger partial charge is 0.244 e. The summed E-state index contributed by atoms with van der Waals surface area (Å²) in [6.45, 7) is 6.01. The molecule has 0 bridgehead atoms. The van der Waals surface area contributed by atoms with Crippen LogP contribution in [0.1, 0.15) is 37.8 Å². The lowest BCUT2D eigenvalue weighted by Crippen LogP contribution is -2.52. The van der Waals surface area contributed by atoms with Crippen molar-refractivity contribution >= 4 is 27.5 Å². The van der Waals surface area contributed by atoms with Gasteiger partial charge in [0.05, 0.1) is 19.1 Å². The summed E-state index contributed by atoms with van der Waals surface area (Å²) in [7, 11) is -2.25. The molecule has 0 unspecified atom stereocenters. The molecule has 0 aliphatic rings. The van der Waals surface area contributed by atoms with Crippen LogP contribution in [-0.2, 0) is 26.2 Å². The van der Waals surface area contributed by atoms with E-state index in [9.17, 15) is 18.0 Å². The summed E-state index contributed by atoms with van der Waals surface area (Å²) in [6.07, 6.45) is 2.23. The minimum absolute atomic E-state index is 0.198. The number of ether oxygens (including phenoxy) is 1. The Bertz CT molecular complexity index is 1070. The monoisotopic (exact) mass is 489 g/mol. The molecule has 0 spiro atoms. The van der Waals surface area contributed by atoms with Crippen molar-refractivity contribution in [3.63, 3.8) is 0 Å². The minimum Gasteiger partial charge on any atom is -0.497 e. The van der Waals surface area contributed by atoms with Gasteiger partial charge in [-0.1, -0.05) is 38.1 Å². The van der Waals surface area contributed by atoms with Crippen LogP contribution in [0.2, 0.25) is 0 Å². The molecule has 186 valence electrons. The third-order valence-electron chi connectivity index (χ3n) is 5.58. The van der Waals surface area contributed by atoms with Gasteiger partial charge in [0.2, 0.25) is 21.8 Å². The van der Waals surface area contributed by atoms with Gasteiger partial charge in [0, 0.05) is 13.1 Å². The summed E-state index contributed by atoms with van der Waals surface area (Å²) >= 11 is 0. The standard InChI is InChI=1S/C25H35N3O5S/c1-6-16-26-25(30)23(7-2)27(17-20-11-9-8-10-19(20)3)24(29)18-28(34(5,31)32)21-12-14-22(33-4)15-13-21/h8-15,23H,6-7,16-18H2,1-5H3,(H,26,30)/t23-/m0/s1. The molecular weight excluding hydrogens is 454 g/mol. The molecule has 2 amide bonds. The lowest BCUT2D eigenvalue weighted by molar-refractivity contribution is -0.140.